The Morgan fingerprint density at radius 2 is 1.93 bits per heavy atom. The molecule has 0 saturated carbocycles. The maximum atomic E-state index is 11.5. The second-order valence-corrected chi connectivity index (χ2v) is 7.64. The van der Waals surface area contributed by atoms with Gasteiger partial charge in [0.05, 0.1) is 0 Å². The summed E-state index contributed by atoms with van der Waals surface area (Å²) in [6.45, 7) is 2.00. The van der Waals surface area contributed by atoms with Crippen molar-refractivity contribution in [3.63, 3.8) is 0 Å². The molecule has 0 aliphatic carbocycles. The Morgan fingerprint density at radius 1 is 1.36 bits per heavy atom. The molecule has 2 nitrogen and oxygen atoms in total. The summed E-state index contributed by atoms with van der Waals surface area (Å²) in [6, 6.07) is 7.46. The van der Waals surface area contributed by atoms with Crippen molar-refractivity contribution in [2.24, 2.45) is 4.99 Å². The molecule has 0 fully saturated rings. The van der Waals surface area contributed by atoms with Gasteiger partial charge in [0.2, 0.25) is 0 Å². The molecule has 1 amide bonds. The zero-order valence-electron chi connectivity index (χ0n) is 7.98. The summed E-state index contributed by atoms with van der Waals surface area (Å²) in [5, 5.41) is 0. The number of carbonyl (C=O) groups is 1. The van der Waals surface area contributed by atoms with Crippen LogP contribution in [0, 0.1) is 6.92 Å². The van der Waals surface area contributed by atoms with Crippen LogP contribution in [0.15, 0.2) is 29.3 Å². The van der Waals surface area contributed by atoms with E-state index < -0.39 is 0 Å². The van der Waals surface area contributed by atoms with Crippen molar-refractivity contribution in [3.8, 4) is 0 Å². The molecule has 4 heteroatoms. The molecule has 1 rings (SSSR count). The van der Waals surface area contributed by atoms with Crippen molar-refractivity contribution in [1.29, 1.82) is 0 Å². The first-order chi connectivity index (χ1) is 6.63. The van der Waals surface area contributed by atoms with E-state index in [1.54, 1.807) is 0 Å². The quantitative estimate of drug-likeness (QED) is 0.575. The Labute approximate surface area is 102 Å². The molecule has 0 N–H and O–H groups in total. The number of rotatable bonds is 2. The van der Waals surface area contributed by atoms with Crippen molar-refractivity contribution >= 4 is 45.5 Å². The average Bonchev–Trinajstić information content (AvgIpc) is 2.18. The summed E-state index contributed by atoms with van der Waals surface area (Å²) >= 11 is 2.55. The van der Waals surface area contributed by atoms with E-state index in [1.165, 1.54) is 0 Å². The van der Waals surface area contributed by atoms with E-state index in [0.29, 0.717) is 5.56 Å². The number of aryl methyl sites for hydroxylation is 1. The van der Waals surface area contributed by atoms with Gasteiger partial charge in [0.1, 0.15) is 0 Å². The van der Waals surface area contributed by atoms with Gasteiger partial charge in [-0.3, -0.25) is 0 Å². The molecule has 0 aliphatic heterocycles. The molecule has 0 heterocycles. The maximum absolute atomic E-state index is 11.5. The molecule has 1 aromatic rings. The summed E-state index contributed by atoms with van der Waals surface area (Å²) < 4.78 is 0.876. The molecule has 1 radical (unpaired) electrons. The van der Waals surface area contributed by atoms with Gasteiger partial charge in [-0.25, -0.2) is 0 Å². The van der Waals surface area contributed by atoms with Crippen LogP contribution in [0.5, 0.6) is 0 Å². The molecule has 0 atom stereocenters. The van der Waals surface area contributed by atoms with Gasteiger partial charge >= 0.3 is 103 Å². The number of hydrogen-bond acceptors (Lipinski definition) is 1. The van der Waals surface area contributed by atoms with E-state index in [1.807, 2.05) is 31.2 Å². The minimum absolute atomic E-state index is 0.147. The fourth-order valence-electron chi connectivity index (χ4n) is 0.889. The molecule has 0 saturated heterocycles. The molecule has 0 aromatic heterocycles. The molecule has 0 aliphatic rings. The third-order valence-electron chi connectivity index (χ3n) is 1.67. The zero-order valence-corrected chi connectivity index (χ0v) is 12.0. The first-order valence-corrected chi connectivity index (χ1v) is 8.39. The van der Waals surface area contributed by atoms with Gasteiger partial charge in [-0.1, -0.05) is 0 Å². The van der Waals surface area contributed by atoms with E-state index in [9.17, 15) is 4.79 Å². The number of amides is 1. The van der Waals surface area contributed by atoms with Crippen molar-refractivity contribution in [3.05, 3.63) is 35.4 Å². The second kappa shape index (κ2) is 5.68. The van der Waals surface area contributed by atoms with Crippen molar-refractivity contribution in [2.75, 3.05) is 0 Å². The van der Waals surface area contributed by atoms with Gasteiger partial charge in [0.15, 0.2) is 0 Å². The predicted molar refractivity (Wildman–Crippen MR) is 60.3 cm³/mol. The van der Waals surface area contributed by atoms with E-state index >= 15 is 0 Å². The Kier molecular flexibility index (Phi) is 4.84. The van der Waals surface area contributed by atoms with Crippen LogP contribution in [-0.4, -0.2) is 45.5 Å². The van der Waals surface area contributed by atoms with Crippen LogP contribution in [0.25, 0.3) is 0 Å². The van der Waals surface area contributed by atoms with Gasteiger partial charge in [0, 0.05) is 0 Å². The first-order valence-electron chi connectivity index (χ1n) is 4.04. The van der Waals surface area contributed by atoms with Crippen LogP contribution in [0.1, 0.15) is 15.9 Å². The van der Waals surface area contributed by atoms with E-state index in [-0.39, 0.29) is 26.8 Å². The zero-order chi connectivity index (χ0) is 10.6. The van der Waals surface area contributed by atoms with Crippen molar-refractivity contribution in [2.45, 2.75) is 11.9 Å². The number of carbonyl (C=O) groups excluding carboxylic acids is 1. The third-order valence-corrected chi connectivity index (χ3v) is 5.46. The SMILES string of the molecule is C[Te]C([Se])=NC(=O)c1ccc(C)cc1. The van der Waals surface area contributed by atoms with Crippen molar-refractivity contribution < 1.29 is 4.79 Å². The average molecular weight is 367 g/mol. The minimum atomic E-state index is -0.273. The number of nitrogens with zero attached hydrogens (tertiary/aromatic N) is 1. The molecule has 0 bridgehead atoms. The summed E-state index contributed by atoms with van der Waals surface area (Å²) in [5.41, 5.74) is 1.81. The summed E-state index contributed by atoms with van der Waals surface area (Å²) in [6.07, 6.45) is 0. The van der Waals surface area contributed by atoms with Crippen LogP contribution < -0.4 is 0 Å². The molecule has 0 unspecified atom stereocenters. The van der Waals surface area contributed by atoms with Crippen LogP contribution in [0.4, 0.5) is 0 Å². The topological polar surface area (TPSA) is 29.4 Å². The van der Waals surface area contributed by atoms with E-state index in [2.05, 4.69) is 26.0 Å². The van der Waals surface area contributed by atoms with Gasteiger partial charge in [-0.15, -0.1) is 0 Å². The first kappa shape index (κ1) is 11.9. The standard InChI is InChI=1S/C10H10NOSeTe/c1-7-3-5-8(6-4-7)9(12)11-10(13)14-2/h3-6H,1-2H3. The molecular weight excluding hydrogens is 357 g/mol. The Balaban J connectivity index is 2.85. The van der Waals surface area contributed by atoms with Crippen LogP contribution in [0.2, 0.25) is 4.97 Å². The number of aliphatic imine (C=N–C) groups is 1. The molecule has 14 heavy (non-hydrogen) atoms. The van der Waals surface area contributed by atoms with Crippen molar-refractivity contribution in [1.82, 2.24) is 0 Å². The van der Waals surface area contributed by atoms with Gasteiger partial charge in [-0.05, 0) is 0 Å². The Hall–Kier alpha value is -0.131. The summed E-state index contributed by atoms with van der Waals surface area (Å²) in [5.74, 6) is -0.147. The van der Waals surface area contributed by atoms with Crippen LogP contribution >= 0.6 is 0 Å². The van der Waals surface area contributed by atoms with Gasteiger partial charge in [0.25, 0.3) is 0 Å². The fourth-order valence-corrected chi connectivity index (χ4v) is 1.56. The van der Waals surface area contributed by atoms with Crippen LogP contribution in [0.3, 0.4) is 0 Å². The molecule has 1 aromatic carbocycles. The molecule has 73 valence electrons. The monoisotopic (exact) mass is 370 g/mol. The Bertz CT molecular complexity index is 359. The number of benzene rings is 1. The summed E-state index contributed by atoms with van der Waals surface area (Å²) in [7, 11) is 0. The van der Waals surface area contributed by atoms with E-state index in [0.717, 1.165) is 8.22 Å². The Morgan fingerprint density at radius 3 is 2.43 bits per heavy atom. The third kappa shape index (κ3) is 3.55. The predicted octanol–water partition coefficient (Wildman–Crippen LogP) is 1.41. The normalized spacial score (nSPS) is 11.4. The van der Waals surface area contributed by atoms with Crippen LogP contribution in [-0.2, 0) is 0 Å². The molecule has 0 spiro atoms. The second-order valence-electron chi connectivity index (χ2n) is 2.75. The molecular formula is C10H10NOSeTe. The van der Waals surface area contributed by atoms with Gasteiger partial charge < -0.3 is 0 Å². The van der Waals surface area contributed by atoms with Gasteiger partial charge in [-0.2, -0.15) is 0 Å². The van der Waals surface area contributed by atoms with E-state index in [4.69, 9.17) is 0 Å². The fraction of sp³-hybridized carbons (Fsp3) is 0.200. The summed E-state index contributed by atoms with van der Waals surface area (Å²) in [4.78, 5) is 17.6. The number of hydrogen-bond donors (Lipinski definition) is 0.